The first kappa shape index (κ1) is 12.0. The lowest BCUT2D eigenvalue weighted by atomic mass is 10.2. The number of anilines is 1. The minimum atomic E-state index is -0.425. The van der Waals surface area contributed by atoms with E-state index in [9.17, 15) is 4.39 Å². The van der Waals surface area contributed by atoms with Crippen molar-refractivity contribution < 1.29 is 4.39 Å². The van der Waals surface area contributed by atoms with Gasteiger partial charge in [-0.05, 0) is 36.4 Å². The number of rotatable bonds is 1. The van der Waals surface area contributed by atoms with Crippen LogP contribution in [-0.4, -0.2) is 9.55 Å². The summed E-state index contributed by atoms with van der Waals surface area (Å²) >= 11 is 5.98. The minimum absolute atomic E-state index is 0.114. The highest BCUT2D eigenvalue weighted by Gasteiger charge is 2.11. The predicted molar refractivity (Wildman–Crippen MR) is 75.5 cm³/mol. The van der Waals surface area contributed by atoms with Crippen LogP contribution in [0.2, 0.25) is 5.02 Å². The Bertz CT molecular complexity index is 780. The normalized spacial score (nSPS) is 11.1. The van der Waals surface area contributed by atoms with Gasteiger partial charge in [0, 0.05) is 17.6 Å². The molecule has 2 N–H and O–H groups in total. The maximum Gasteiger partial charge on any atom is 0.146 e. The summed E-state index contributed by atoms with van der Waals surface area (Å²) < 4.78 is 15.1. The van der Waals surface area contributed by atoms with Gasteiger partial charge in [0.25, 0.3) is 0 Å². The molecule has 0 aliphatic carbocycles. The average molecular weight is 276 g/mol. The van der Waals surface area contributed by atoms with E-state index in [1.165, 1.54) is 6.07 Å². The standard InChI is InChI=1S/C14H11ClFN3/c1-19-13-7-9(15)3-5-12(13)18-14(19)8-2-4-10(16)11(17)6-8/h2-7H,17H2,1H3. The Balaban J connectivity index is 2.24. The summed E-state index contributed by atoms with van der Waals surface area (Å²) in [5, 5.41) is 0.653. The third-order valence-electron chi connectivity index (χ3n) is 3.10. The maximum atomic E-state index is 13.2. The molecule has 1 aromatic heterocycles. The molecule has 3 nitrogen and oxygen atoms in total. The van der Waals surface area contributed by atoms with Crippen LogP contribution < -0.4 is 5.73 Å². The molecule has 0 aliphatic heterocycles. The fourth-order valence-corrected chi connectivity index (χ4v) is 2.27. The number of halogens is 2. The minimum Gasteiger partial charge on any atom is -0.396 e. The number of benzene rings is 2. The summed E-state index contributed by atoms with van der Waals surface area (Å²) in [6, 6.07) is 10.1. The van der Waals surface area contributed by atoms with E-state index in [2.05, 4.69) is 4.98 Å². The van der Waals surface area contributed by atoms with Gasteiger partial charge < -0.3 is 10.3 Å². The van der Waals surface area contributed by atoms with Crippen LogP contribution in [0.5, 0.6) is 0 Å². The van der Waals surface area contributed by atoms with Gasteiger partial charge in [-0.25, -0.2) is 9.37 Å². The molecule has 0 unspecified atom stereocenters. The second kappa shape index (κ2) is 4.24. The van der Waals surface area contributed by atoms with Gasteiger partial charge in [0.1, 0.15) is 11.6 Å². The second-order valence-electron chi connectivity index (χ2n) is 4.36. The van der Waals surface area contributed by atoms with Crippen LogP contribution in [-0.2, 0) is 7.05 Å². The van der Waals surface area contributed by atoms with Gasteiger partial charge in [-0.2, -0.15) is 0 Å². The summed E-state index contributed by atoms with van der Waals surface area (Å²) in [6.07, 6.45) is 0. The van der Waals surface area contributed by atoms with Crippen LogP contribution in [0.4, 0.5) is 10.1 Å². The van der Waals surface area contributed by atoms with Crippen molar-refractivity contribution in [1.29, 1.82) is 0 Å². The molecular weight excluding hydrogens is 265 g/mol. The first-order valence-electron chi connectivity index (χ1n) is 5.73. The average Bonchev–Trinajstić information content (AvgIpc) is 2.70. The molecule has 0 amide bonds. The quantitative estimate of drug-likeness (QED) is 0.690. The highest BCUT2D eigenvalue weighted by molar-refractivity contribution is 6.31. The van der Waals surface area contributed by atoms with E-state index in [1.54, 1.807) is 18.2 Å². The van der Waals surface area contributed by atoms with Gasteiger partial charge in [0.05, 0.1) is 16.7 Å². The summed E-state index contributed by atoms with van der Waals surface area (Å²) in [7, 11) is 1.89. The number of aryl methyl sites for hydroxylation is 1. The Hall–Kier alpha value is -2.07. The van der Waals surface area contributed by atoms with Crippen LogP contribution in [0, 0.1) is 5.82 Å². The van der Waals surface area contributed by atoms with Crippen LogP contribution in [0.3, 0.4) is 0 Å². The van der Waals surface area contributed by atoms with Gasteiger partial charge in [-0.15, -0.1) is 0 Å². The Morgan fingerprint density at radius 3 is 2.74 bits per heavy atom. The fraction of sp³-hybridized carbons (Fsp3) is 0.0714. The maximum absolute atomic E-state index is 13.2. The Morgan fingerprint density at radius 1 is 1.21 bits per heavy atom. The number of hydrogen-bond acceptors (Lipinski definition) is 2. The molecule has 2 aromatic carbocycles. The molecule has 1 heterocycles. The van der Waals surface area contributed by atoms with E-state index < -0.39 is 5.82 Å². The number of nitrogens with two attached hydrogens (primary N) is 1. The third kappa shape index (κ3) is 1.94. The summed E-state index contributed by atoms with van der Waals surface area (Å²) in [4.78, 5) is 4.52. The lowest BCUT2D eigenvalue weighted by molar-refractivity contribution is 0.632. The molecule has 5 heteroatoms. The van der Waals surface area contributed by atoms with Gasteiger partial charge in [-0.1, -0.05) is 11.6 Å². The first-order chi connectivity index (χ1) is 9.06. The topological polar surface area (TPSA) is 43.8 Å². The lowest BCUT2D eigenvalue weighted by Gasteiger charge is -2.04. The summed E-state index contributed by atoms with van der Waals surface area (Å²) in [5.74, 6) is 0.300. The SMILES string of the molecule is Cn1c(-c2ccc(F)c(N)c2)nc2ccc(Cl)cc21. The molecule has 0 aliphatic rings. The zero-order chi connectivity index (χ0) is 13.6. The molecule has 0 spiro atoms. The van der Waals surface area contributed by atoms with Gasteiger partial charge >= 0.3 is 0 Å². The molecule has 3 rings (SSSR count). The van der Waals surface area contributed by atoms with E-state index in [0.717, 1.165) is 22.4 Å². The third-order valence-corrected chi connectivity index (χ3v) is 3.33. The highest BCUT2D eigenvalue weighted by Crippen LogP contribution is 2.27. The lowest BCUT2D eigenvalue weighted by Crippen LogP contribution is -1.95. The summed E-state index contributed by atoms with van der Waals surface area (Å²) in [5.41, 5.74) is 8.24. The van der Waals surface area contributed by atoms with Crippen molar-refractivity contribution in [2.45, 2.75) is 0 Å². The van der Waals surface area contributed by atoms with Gasteiger partial charge in [-0.3, -0.25) is 0 Å². The second-order valence-corrected chi connectivity index (χ2v) is 4.80. The molecule has 96 valence electrons. The van der Waals surface area contributed by atoms with Crippen molar-refractivity contribution in [3.05, 3.63) is 47.2 Å². The largest absolute Gasteiger partial charge is 0.396 e. The molecule has 0 saturated heterocycles. The molecular formula is C14H11ClFN3. The smallest absolute Gasteiger partial charge is 0.146 e. The molecule has 19 heavy (non-hydrogen) atoms. The molecule has 0 bridgehead atoms. The number of hydrogen-bond donors (Lipinski definition) is 1. The number of aromatic nitrogens is 2. The van der Waals surface area contributed by atoms with Crippen molar-refractivity contribution in [3.8, 4) is 11.4 Å². The van der Waals surface area contributed by atoms with Gasteiger partial charge in [0.2, 0.25) is 0 Å². The Morgan fingerprint density at radius 2 is 2.00 bits per heavy atom. The number of fused-ring (bicyclic) bond motifs is 1. The van der Waals surface area contributed by atoms with E-state index in [1.807, 2.05) is 23.7 Å². The van der Waals surface area contributed by atoms with E-state index >= 15 is 0 Å². The Kier molecular flexibility index (Phi) is 2.68. The van der Waals surface area contributed by atoms with Crippen LogP contribution in [0.1, 0.15) is 0 Å². The Labute approximate surface area is 114 Å². The molecule has 0 radical (unpaired) electrons. The van der Waals surface area contributed by atoms with Crippen LogP contribution >= 0.6 is 11.6 Å². The molecule has 0 fully saturated rings. The summed E-state index contributed by atoms with van der Waals surface area (Å²) in [6.45, 7) is 0. The predicted octanol–water partition coefficient (Wildman–Crippen LogP) is 3.62. The zero-order valence-corrected chi connectivity index (χ0v) is 10.9. The number of nitrogens with zero attached hydrogens (tertiary/aromatic N) is 2. The fourth-order valence-electron chi connectivity index (χ4n) is 2.10. The highest BCUT2D eigenvalue weighted by atomic mass is 35.5. The van der Waals surface area contributed by atoms with Crippen LogP contribution in [0.25, 0.3) is 22.4 Å². The first-order valence-corrected chi connectivity index (χ1v) is 6.11. The van der Waals surface area contributed by atoms with Gasteiger partial charge in [0.15, 0.2) is 0 Å². The molecule has 0 saturated carbocycles. The van der Waals surface area contributed by atoms with E-state index in [-0.39, 0.29) is 5.69 Å². The monoisotopic (exact) mass is 275 g/mol. The van der Waals surface area contributed by atoms with E-state index in [0.29, 0.717) is 5.02 Å². The van der Waals surface area contributed by atoms with Crippen LogP contribution in [0.15, 0.2) is 36.4 Å². The molecule has 0 atom stereocenters. The number of imidazole rings is 1. The van der Waals surface area contributed by atoms with Crippen molar-refractivity contribution in [2.75, 3.05) is 5.73 Å². The van der Waals surface area contributed by atoms with Crippen molar-refractivity contribution in [1.82, 2.24) is 9.55 Å². The number of nitrogen functional groups attached to an aromatic ring is 1. The van der Waals surface area contributed by atoms with Crippen molar-refractivity contribution >= 4 is 28.3 Å². The van der Waals surface area contributed by atoms with E-state index in [4.69, 9.17) is 17.3 Å². The van der Waals surface area contributed by atoms with Crippen molar-refractivity contribution in [2.24, 2.45) is 7.05 Å². The zero-order valence-electron chi connectivity index (χ0n) is 10.2. The van der Waals surface area contributed by atoms with Crippen molar-refractivity contribution in [3.63, 3.8) is 0 Å². The molecule has 3 aromatic rings.